The van der Waals surface area contributed by atoms with Crippen LogP contribution in [-0.2, 0) is 0 Å². The second-order valence-electron chi connectivity index (χ2n) is 4.79. The third kappa shape index (κ3) is 6.94. The first kappa shape index (κ1) is 17.2. The first-order chi connectivity index (χ1) is 10.0. The van der Waals surface area contributed by atoms with E-state index in [1.807, 2.05) is 13.8 Å². The van der Waals surface area contributed by atoms with Crippen molar-refractivity contribution in [3.05, 3.63) is 30.1 Å². The largest absolute Gasteiger partial charge is 0.491 e. The van der Waals surface area contributed by atoms with Crippen molar-refractivity contribution in [1.29, 1.82) is 0 Å². The number of nitrogens with one attached hydrogen (secondary N) is 2. The zero-order valence-electron chi connectivity index (χ0n) is 12.4. The SMILES string of the molecule is CCC(CC)NC(=O)NCC(O)COc1ccc(F)cc1. The van der Waals surface area contributed by atoms with Crippen LogP contribution in [0.15, 0.2) is 24.3 Å². The molecule has 0 saturated heterocycles. The van der Waals surface area contributed by atoms with Gasteiger partial charge in [-0.25, -0.2) is 9.18 Å². The van der Waals surface area contributed by atoms with E-state index in [0.717, 1.165) is 12.8 Å². The quantitative estimate of drug-likeness (QED) is 0.688. The van der Waals surface area contributed by atoms with Gasteiger partial charge in [0, 0.05) is 12.6 Å². The standard InChI is InChI=1S/C15H23FN2O3/c1-3-12(4-2)18-15(20)17-9-13(19)10-21-14-7-5-11(16)6-8-14/h5-8,12-13,19H,3-4,9-10H2,1-2H3,(H2,17,18,20). The van der Waals surface area contributed by atoms with E-state index in [9.17, 15) is 14.3 Å². The minimum absolute atomic E-state index is 0.0247. The molecule has 5 nitrogen and oxygen atoms in total. The second-order valence-corrected chi connectivity index (χ2v) is 4.79. The highest BCUT2D eigenvalue weighted by atomic mass is 19.1. The Kier molecular flexibility index (Phi) is 7.53. The molecule has 0 saturated carbocycles. The van der Waals surface area contributed by atoms with Gasteiger partial charge in [0.1, 0.15) is 24.3 Å². The maximum Gasteiger partial charge on any atom is 0.315 e. The Bertz CT molecular complexity index is 421. The molecule has 0 aliphatic heterocycles. The number of ether oxygens (including phenoxy) is 1. The second kappa shape index (κ2) is 9.18. The minimum Gasteiger partial charge on any atom is -0.491 e. The molecule has 0 aliphatic rings. The zero-order valence-corrected chi connectivity index (χ0v) is 12.4. The van der Waals surface area contributed by atoms with Gasteiger partial charge in [-0.15, -0.1) is 0 Å². The Morgan fingerprint density at radius 1 is 1.29 bits per heavy atom. The van der Waals surface area contributed by atoms with E-state index < -0.39 is 6.10 Å². The van der Waals surface area contributed by atoms with Gasteiger partial charge in [0.15, 0.2) is 0 Å². The fourth-order valence-corrected chi connectivity index (χ4v) is 1.72. The summed E-state index contributed by atoms with van der Waals surface area (Å²) < 4.78 is 18.0. The summed E-state index contributed by atoms with van der Waals surface area (Å²) in [7, 11) is 0. The molecule has 0 spiro atoms. The molecule has 1 aromatic rings. The third-order valence-corrected chi connectivity index (χ3v) is 3.08. The Morgan fingerprint density at radius 3 is 2.48 bits per heavy atom. The van der Waals surface area contributed by atoms with Gasteiger partial charge in [0.05, 0.1) is 0 Å². The minimum atomic E-state index is -0.831. The summed E-state index contributed by atoms with van der Waals surface area (Å²) in [5.41, 5.74) is 0. The number of rotatable bonds is 8. The summed E-state index contributed by atoms with van der Waals surface area (Å²) in [5.74, 6) is 0.125. The van der Waals surface area contributed by atoms with Crippen LogP contribution in [-0.4, -0.2) is 36.4 Å². The molecule has 1 unspecified atom stereocenters. The van der Waals surface area contributed by atoms with Gasteiger partial charge in [-0.1, -0.05) is 13.8 Å². The molecule has 1 atom stereocenters. The number of benzene rings is 1. The average Bonchev–Trinajstić information content (AvgIpc) is 2.50. The van der Waals surface area contributed by atoms with E-state index in [0.29, 0.717) is 5.75 Å². The highest BCUT2D eigenvalue weighted by Crippen LogP contribution is 2.11. The van der Waals surface area contributed by atoms with E-state index in [-0.39, 0.29) is 31.0 Å². The van der Waals surface area contributed by atoms with E-state index in [1.165, 1.54) is 24.3 Å². The summed E-state index contributed by atoms with van der Waals surface area (Å²) in [6.45, 7) is 4.11. The van der Waals surface area contributed by atoms with E-state index in [4.69, 9.17) is 4.74 Å². The van der Waals surface area contributed by atoms with Gasteiger partial charge in [-0.05, 0) is 37.1 Å². The van der Waals surface area contributed by atoms with Crippen molar-refractivity contribution in [2.75, 3.05) is 13.2 Å². The first-order valence-electron chi connectivity index (χ1n) is 7.15. The predicted molar refractivity (Wildman–Crippen MR) is 78.8 cm³/mol. The van der Waals surface area contributed by atoms with E-state index >= 15 is 0 Å². The molecule has 118 valence electrons. The lowest BCUT2D eigenvalue weighted by Crippen LogP contribution is -2.45. The van der Waals surface area contributed by atoms with Crippen molar-refractivity contribution in [3.63, 3.8) is 0 Å². The third-order valence-electron chi connectivity index (χ3n) is 3.08. The number of amides is 2. The number of aliphatic hydroxyl groups excluding tert-OH is 1. The fourth-order valence-electron chi connectivity index (χ4n) is 1.72. The molecule has 0 aromatic heterocycles. The maximum absolute atomic E-state index is 12.7. The van der Waals surface area contributed by atoms with Crippen molar-refractivity contribution in [1.82, 2.24) is 10.6 Å². The lowest BCUT2D eigenvalue weighted by Gasteiger charge is -2.17. The van der Waals surface area contributed by atoms with Crippen LogP contribution in [0, 0.1) is 5.82 Å². The molecule has 0 radical (unpaired) electrons. The lowest BCUT2D eigenvalue weighted by atomic mass is 10.2. The molecule has 3 N–H and O–H groups in total. The van der Waals surface area contributed by atoms with Crippen LogP contribution in [0.4, 0.5) is 9.18 Å². The molecule has 2 amide bonds. The molecule has 0 fully saturated rings. The highest BCUT2D eigenvalue weighted by molar-refractivity contribution is 5.74. The van der Waals surface area contributed by atoms with E-state index in [2.05, 4.69) is 10.6 Å². The summed E-state index contributed by atoms with van der Waals surface area (Å²) in [6.07, 6.45) is 0.892. The molecule has 1 rings (SSSR count). The van der Waals surface area contributed by atoms with Gasteiger partial charge in [0.25, 0.3) is 0 Å². The van der Waals surface area contributed by atoms with E-state index in [1.54, 1.807) is 0 Å². The van der Waals surface area contributed by atoms with Crippen molar-refractivity contribution in [2.45, 2.75) is 38.8 Å². The van der Waals surface area contributed by atoms with Gasteiger partial charge in [-0.2, -0.15) is 0 Å². The van der Waals surface area contributed by atoms with Crippen LogP contribution < -0.4 is 15.4 Å². The molecule has 0 heterocycles. The zero-order chi connectivity index (χ0) is 15.7. The molecule has 0 aliphatic carbocycles. The van der Waals surface area contributed by atoms with Gasteiger partial charge in [0.2, 0.25) is 0 Å². The van der Waals surface area contributed by atoms with Crippen molar-refractivity contribution >= 4 is 6.03 Å². The number of aliphatic hydroxyl groups is 1. The number of hydrogen-bond donors (Lipinski definition) is 3. The number of carbonyl (C=O) groups is 1. The van der Waals surface area contributed by atoms with Crippen molar-refractivity contribution < 1.29 is 19.0 Å². The summed E-state index contributed by atoms with van der Waals surface area (Å²) in [4.78, 5) is 11.6. The monoisotopic (exact) mass is 298 g/mol. The van der Waals surface area contributed by atoms with Gasteiger partial charge >= 0.3 is 6.03 Å². The fraction of sp³-hybridized carbons (Fsp3) is 0.533. The van der Waals surface area contributed by atoms with Crippen molar-refractivity contribution in [3.8, 4) is 5.75 Å². The predicted octanol–water partition coefficient (Wildman–Crippen LogP) is 2.05. The van der Waals surface area contributed by atoms with Crippen LogP contribution in [0.1, 0.15) is 26.7 Å². The molecular formula is C15H23FN2O3. The Labute approximate surface area is 124 Å². The lowest BCUT2D eigenvalue weighted by molar-refractivity contribution is 0.107. The van der Waals surface area contributed by atoms with Crippen LogP contribution in [0.5, 0.6) is 5.75 Å². The van der Waals surface area contributed by atoms with Crippen LogP contribution in [0.2, 0.25) is 0 Å². The first-order valence-corrected chi connectivity index (χ1v) is 7.15. The number of carbonyl (C=O) groups excluding carboxylic acids is 1. The Morgan fingerprint density at radius 2 is 1.90 bits per heavy atom. The van der Waals surface area contributed by atoms with Crippen molar-refractivity contribution in [2.24, 2.45) is 0 Å². The molecule has 6 heteroatoms. The van der Waals surface area contributed by atoms with Crippen LogP contribution >= 0.6 is 0 Å². The Balaban J connectivity index is 2.23. The van der Waals surface area contributed by atoms with Gasteiger partial charge < -0.3 is 20.5 Å². The maximum atomic E-state index is 12.7. The normalized spacial score (nSPS) is 12.0. The number of hydrogen-bond acceptors (Lipinski definition) is 3. The highest BCUT2D eigenvalue weighted by Gasteiger charge is 2.10. The van der Waals surface area contributed by atoms with Crippen LogP contribution in [0.3, 0.4) is 0 Å². The average molecular weight is 298 g/mol. The molecular weight excluding hydrogens is 275 g/mol. The molecule has 21 heavy (non-hydrogen) atoms. The topological polar surface area (TPSA) is 70.6 Å². The smallest absolute Gasteiger partial charge is 0.315 e. The summed E-state index contributed by atoms with van der Waals surface area (Å²) >= 11 is 0. The molecule has 1 aromatic carbocycles. The summed E-state index contributed by atoms with van der Waals surface area (Å²) in [5, 5.41) is 15.1. The number of urea groups is 1. The number of halogens is 1. The van der Waals surface area contributed by atoms with Gasteiger partial charge in [-0.3, -0.25) is 0 Å². The summed E-state index contributed by atoms with van der Waals surface area (Å²) in [6, 6.07) is 5.36. The Hall–Kier alpha value is -1.82. The molecule has 0 bridgehead atoms. The van der Waals surface area contributed by atoms with Crippen LogP contribution in [0.25, 0.3) is 0 Å².